The summed E-state index contributed by atoms with van der Waals surface area (Å²) in [4.78, 5) is 27.2. The van der Waals surface area contributed by atoms with Crippen LogP contribution in [0.2, 0.25) is 5.54 Å². The van der Waals surface area contributed by atoms with Crippen LogP contribution in [-0.2, 0) is 9.59 Å². The van der Waals surface area contributed by atoms with Crippen molar-refractivity contribution in [2.24, 2.45) is 5.92 Å². The van der Waals surface area contributed by atoms with Gasteiger partial charge in [-0.25, -0.2) is 0 Å². The molecule has 32 heavy (non-hydrogen) atoms. The van der Waals surface area contributed by atoms with Crippen molar-refractivity contribution in [1.29, 1.82) is 0 Å². The van der Waals surface area contributed by atoms with Crippen molar-refractivity contribution in [3.05, 3.63) is 103 Å². The molecule has 1 amide bonds. The van der Waals surface area contributed by atoms with Crippen molar-refractivity contribution in [3.63, 3.8) is 0 Å². The van der Waals surface area contributed by atoms with Crippen molar-refractivity contribution >= 4 is 35.8 Å². The zero-order valence-electron chi connectivity index (χ0n) is 18.0. The van der Waals surface area contributed by atoms with Crippen LogP contribution in [0.4, 0.5) is 0 Å². The van der Waals surface area contributed by atoms with Gasteiger partial charge in [-0.05, 0) is 33.9 Å². The molecule has 2 heterocycles. The van der Waals surface area contributed by atoms with Gasteiger partial charge in [0.05, 0.1) is 0 Å². The van der Waals surface area contributed by atoms with E-state index in [2.05, 4.69) is 78.9 Å². The Morgan fingerprint density at radius 2 is 1.28 bits per heavy atom. The predicted molar refractivity (Wildman–Crippen MR) is 131 cm³/mol. The summed E-state index contributed by atoms with van der Waals surface area (Å²) in [5.74, 6) is -0.106. The molecule has 0 radical (unpaired) electrons. The lowest BCUT2D eigenvalue weighted by molar-refractivity contribution is -0.135. The Morgan fingerprint density at radius 1 is 0.781 bits per heavy atom. The molecule has 2 aliphatic heterocycles. The first-order valence-electron chi connectivity index (χ1n) is 11.4. The molecule has 1 fully saturated rings. The number of hydrogen-bond donors (Lipinski definition) is 0. The summed E-state index contributed by atoms with van der Waals surface area (Å²) >= 11 is 0. The number of hydrogen-bond acceptors (Lipinski definition) is 2. The number of carbonyl (C=O) groups excluding carboxylic acids is 2. The van der Waals surface area contributed by atoms with E-state index in [-0.39, 0.29) is 23.4 Å². The van der Waals surface area contributed by atoms with Gasteiger partial charge in [0.2, 0.25) is 5.91 Å². The van der Waals surface area contributed by atoms with E-state index in [4.69, 9.17) is 0 Å². The molecule has 160 valence electrons. The van der Waals surface area contributed by atoms with Crippen LogP contribution in [0.1, 0.15) is 19.3 Å². The van der Waals surface area contributed by atoms with Crippen LogP contribution in [0.15, 0.2) is 103 Å². The van der Waals surface area contributed by atoms with Crippen molar-refractivity contribution in [2.75, 3.05) is 0 Å². The molecule has 2 aliphatic rings. The van der Waals surface area contributed by atoms with Gasteiger partial charge in [-0.15, -0.1) is 0 Å². The Kier molecular flexibility index (Phi) is 5.62. The van der Waals surface area contributed by atoms with E-state index >= 15 is 0 Å². The SMILES string of the molecule is O=C[C@@H]1[C@H]2CCCC(=O)N2C=C[C@H]1[Si](c1ccccc1)(c1ccccc1)c1ccccc1. The second kappa shape index (κ2) is 8.71. The zero-order valence-corrected chi connectivity index (χ0v) is 19.0. The average molecular weight is 438 g/mol. The maximum absolute atomic E-state index is 12.7. The zero-order chi connectivity index (χ0) is 22.0. The summed E-state index contributed by atoms with van der Waals surface area (Å²) in [5, 5.41) is 3.86. The van der Waals surface area contributed by atoms with Gasteiger partial charge in [-0.2, -0.15) is 0 Å². The summed E-state index contributed by atoms with van der Waals surface area (Å²) in [6.07, 6.45) is 7.56. The molecule has 0 spiro atoms. The molecule has 0 N–H and O–H groups in total. The molecule has 0 bridgehead atoms. The number of benzene rings is 3. The average Bonchev–Trinajstić information content (AvgIpc) is 2.86. The molecule has 0 aromatic heterocycles. The third-order valence-electron chi connectivity index (χ3n) is 7.19. The second-order valence-corrected chi connectivity index (χ2v) is 12.8. The maximum Gasteiger partial charge on any atom is 0.226 e. The smallest absolute Gasteiger partial charge is 0.226 e. The molecule has 3 atom stereocenters. The lowest BCUT2D eigenvalue weighted by Crippen LogP contribution is -2.72. The molecule has 1 saturated heterocycles. The van der Waals surface area contributed by atoms with E-state index in [0.29, 0.717) is 6.42 Å². The summed E-state index contributed by atoms with van der Waals surface area (Å²) in [5.41, 5.74) is 0.0133. The van der Waals surface area contributed by atoms with Gasteiger partial charge in [-0.1, -0.05) is 97.1 Å². The first kappa shape index (κ1) is 20.6. The number of aldehydes is 1. The first-order valence-corrected chi connectivity index (χ1v) is 13.5. The Labute approximate surface area is 190 Å². The molecule has 3 aromatic carbocycles. The minimum atomic E-state index is -2.66. The largest absolute Gasteiger partial charge is 0.316 e. The Balaban J connectivity index is 1.81. The topological polar surface area (TPSA) is 37.4 Å². The molecular weight excluding hydrogens is 410 g/mol. The second-order valence-electron chi connectivity index (χ2n) is 8.75. The normalized spacial score (nSPS) is 22.9. The number of piperidine rings is 1. The quantitative estimate of drug-likeness (QED) is 0.349. The summed E-state index contributed by atoms with van der Waals surface area (Å²) in [7, 11) is -2.66. The number of allylic oxidation sites excluding steroid dienone is 1. The van der Waals surface area contributed by atoms with E-state index in [1.54, 1.807) is 0 Å². The van der Waals surface area contributed by atoms with Gasteiger partial charge >= 0.3 is 0 Å². The van der Waals surface area contributed by atoms with Gasteiger partial charge in [0, 0.05) is 24.6 Å². The number of nitrogens with zero attached hydrogens (tertiary/aromatic N) is 1. The fraction of sp³-hybridized carbons (Fsp3) is 0.214. The molecule has 3 nitrogen and oxygen atoms in total. The van der Waals surface area contributed by atoms with Gasteiger partial charge in [0.1, 0.15) is 6.29 Å². The number of rotatable bonds is 5. The van der Waals surface area contributed by atoms with Crippen LogP contribution < -0.4 is 15.6 Å². The molecule has 0 unspecified atom stereocenters. The van der Waals surface area contributed by atoms with E-state index in [1.807, 2.05) is 29.3 Å². The molecule has 4 heteroatoms. The monoisotopic (exact) mass is 437 g/mol. The molecule has 3 aromatic rings. The van der Waals surface area contributed by atoms with E-state index in [9.17, 15) is 9.59 Å². The maximum atomic E-state index is 12.7. The highest BCUT2D eigenvalue weighted by Gasteiger charge is 2.52. The van der Waals surface area contributed by atoms with E-state index in [0.717, 1.165) is 19.1 Å². The highest BCUT2D eigenvalue weighted by Crippen LogP contribution is 2.41. The molecule has 0 saturated carbocycles. The summed E-state index contributed by atoms with van der Waals surface area (Å²) in [6.45, 7) is 0. The molecule has 0 aliphatic carbocycles. The molecular formula is C28H27NO2Si. The lowest BCUT2D eigenvalue weighted by atomic mass is 9.86. The highest BCUT2D eigenvalue weighted by molar-refractivity contribution is 7.12. The highest BCUT2D eigenvalue weighted by atomic mass is 28.3. The standard InChI is InChI=1S/C28H27NO2Si/c30-21-25-26-17-10-18-28(31)29(26)20-19-27(25)32(22-11-4-1-5-12-22,23-13-6-2-7-14-23)24-15-8-3-9-16-24/h1-9,11-16,19-21,25-27H,10,17-18H2/t25-,26-,27-/m1/s1. The van der Waals surface area contributed by atoms with Gasteiger partial charge in [-0.3, -0.25) is 4.79 Å². The van der Waals surface area contributed by atoms with Gasteiger partial charge in [0.15, 0.2) is 8.07 Å². The minimum Gasteiger partial charge on any atom is -0.316 e. The van der Waals surface area contributed by atoms with Crippen molar-refractivity contribution in [3.8, 4) is 0 Å². The van der Waals surface area contributed by atoms with Crippen LogP contribution in [0.3, 0.4) is 0 Å². The first-order chi connectivity index (χ1) is 15.8. The Morgan fingerprint density at radius 3 is 1.75 bits per heavy atom. The van der Waals surface area contributed by atoms with Crippen LogP contribution in [-0.4, -0.2) is 31.2 Å². The third kappa shape index (κ3) is 3.26. The van der Waals surface area contributed by atoms with Crippen LogP contribution in [0.5, 0.6) is 0 Å². The summed E-state index contributed by atoms with van der Waals surface area (Å²) < 4.78 is 0. The van der Waals surface area contributed by atoms with Crippen molar-refractivity contribution < 1.29 is 9.59 Å². The minimum absolute atomic E-state index is 0.0133. The Hall–Kier alpha value is -3.24. The fourth-order valence-corrected chi connectivity index (χ4v) is 11.4. The Bertz CT molecular complexity index is 1020. The van der Waals surface area contributed by atoms with Crippen LogP contribution in [0.25, 0.3) is 0 Å². The van der Waals surface area contributed by atoms with Crippen molar-refractivity contribution in [1.82, 2.24) is 4.90 Å². The number of amides is 1. The van der Waals surface area contributed by atoms with Crippen molar-refractivity contribution in [2.45, 2.75) is 30.8 Å². The third-order valence-corrected chi connectivity index (χ3v) is 12.5. The van der Waals surface area contributed by atoms with Crippen LogP contribution >= 0.6 is 0 Å². The van der Waals surface area contributed by atoms with Crippen LogP contribution in [0, 0.1) is 5.92 Å². The summed E-state index contributed by atoms with van der Waals surface area (Å²) in [6, 6.07) is 32.0. The molecule has 5 rings (SSSR count). The fourth-order valence-electron chi connectivity index (χ4n) is 5.83. The van der Waals surface area contributed by atoms with E-state index in [1.165, 1.54) is 15.6 Å². The number of carbonyl (C=O) groups is 2. The van der Waals surface area contributed by atoms with Gasteiger partial charge < -0.3 is 9.69 Å². The number of fused-ring (bicyclic) bond motifs is 1. The van der Waals surface area contributed by atoms with E-state index < -0.39 is 8.07 Å². The van der Waals surface area contributed by atoms with Gasteiger partial charge in [0.25, 0.3) is 0 Å². The lowest BCUT2D eigenvalue weighted by Gasteiger charge is -2.49. The predicted octanol–water partition coefficient (Wildman–Crippen LogP) is 3.25.